The Hall–Kier alpha value is -0.120. The van der Waals surface area contributed by atoms with Crippen molar-refractivity contribution in [2.24, 2.45) is 5.41 Å². The Labute approximate surface area is 111 Å². The van der Waals surface area contributed by atoms with Crippen molar-refractivity contribution in [1.29, 1.82) is 0 Å². The van der Waals surface area contributed by atoms with Crippen LogP contribution in [0, 0.1) is 5.41 Å². The summed E-state index contributed by atoms with van der Waals surface area (Å²) in [5.41, 5.74) is 0.595. The summed E-state index contributed by atoms with van der Waals surface area (Å²) in [4.78, 5) is 0. The maximum Gasteiger partial charge on any atom is 0.106 e. The SMILES string of the molecule is COC1(CNC2CCC23CCCCC3)CCOC1. The highest BCUT2D eigenvalue weighted by atomic mass is 16.5. The highest BCUT2D eigenvalue weighted by Gasteiger charge is 2.47. The Morgan fingerprint density at radius 1 is 1.17 bits per heavy atom. The lowest BCUT2D eigenvalue weighted by Crippen LogP contribution is -2.58. The van der Waals surface area contributed by atoms with Crippen LogP contribution in [0.5, 0.6) is 0 Å². The summed E-state index contributed by atoms with van der Waals surface area (Å²) in [6.45, 7) is 2.58. The van der Waals surface area contributed by atoms with Gasteiger partial charge in [0.05, 0.1) is 6.61 Å². The molecular weight excluding hydrogens is 226 g/mol. The number of ether oxygens (including phenoxy) is 2. The summed E-state index contributed by atoms with van der Waals surface area (Å²) in [5.74, 6) is 0. The predicted molar refractivity (Wildman–Crippen MR) is 71.7 cm³/mol. The van der Waals surface area contributed by atoms with Gasteiger partial charge in [0.25, 0.3) is 0 Å². The fraction of sp³-hybridized carbons (Fsp3) is 1.00. The summed E-state index contributed by atoms with van der Waals surface area (Å²) in [5, 5.41) is 3.81. The summed E-state index contributed by atoms with van der Waals surface area (Å²) in [6, 6.07) is 0.741. The first-order valence-electron chi connectivity index (χ1n) is 7.65. The van der Waals surface area contributed by atoms with E-state index >= 15 is 0 Å². The zero-order valence-electron chi connectivity index (χ0n) is 11.7. The fourth-order valence-corrected chi connectivity index (χ4v) is 4.14. The number of rotatable bonds is 4. The number of hydrogen-bond donors (Lipinski definition) is 1. The molecule has 2 atom stereocenters. The van der Waals surface area contributed by atoms with E-state index in [0.717, 1.165) is 32.2 Å². The molecule has 3 heteroatoms. The number of hydrogen-bond acceptors (Lipinski definition) is 3. The summed E-state index contributed by atoms with van der Waals surface area (Å²) in [7, 11) is 1.83. The van der Waals surface area contributed by atoms with E-state index < -0.39 is 0 Å². The first kappa shape index (κ1) is 12.9. The molecule has 2 unspecified atom stereocenters. The average molecular weight is 253 g/mol. The van der Waals surface area contributed by atoms with Crippen LogP contribution in [0.3, 0.4) is 0 Å². The molecular formula is C15H27NO2. The number of nitrogens with one attached hydrogen (secondary N) is 1. The van der Waals surface area contributed by atoms with Crippen LogP contribution in [0.4, 0.5) is 0 Å². The molecule has 3 aliphatic rings. The van der Waals surface area contributed by atoms with Crippen molar-refractivity contribution in [1.82, 2.24) is 5.32 Å². The maximum absolute atomic E-state index is 5.71. The van der Waals surface area contributed by atoms with E-state index in [1.807, 2.05) is 7.11 Å². The molecule has 1 aliphatic heterocycles. The van der Waals surface area contributed by atoms with E-state index in [1.165, 1.54) is 44.9 Å². The van der Waals surface area contributed by atoms with Crippen LogP contribution in [0.25, 0.3) is 0 Å². The Kier molecular flexibility index (Phi) is 3.65. The number of methoxy groups -OCH3 is 1. The molecule has 0 amide bonds. The van der Waals surface area contributed by atoms with Gasteiger partial charge in [-0.2, -0.15) is 0 Å². The molecule has 0 aromatic carbocycles. The van der Waals surface area contributed by atoms with E-state index in [1.54, 1.807) is 0 Å². The van der Waals surface area contributed by atoms with E-state index in [4.69, 9.17) is 9.47 Å². The Balaban J connectivity index is 1.53. The van der Waals surface area contributed by atoms with Gasteiger partial charge in [-0.3, -0.25) is 0 Å². The second-order valence-electron chi connectivity index (χ2n) is 6.58. The third-order valence-corrected chi connectivity index (χ3v) is 5.69. The summed E-state index contributed by atoms with van der Waals surface area (Å²) in [6.07, 6.45) is 11.1. The Bertz CT molecular complexity index is 280. The molecule has 0 aromatic heterocycles. The quantitative estimate of drug-likeness (QED) is 0.835. The molecule has 1 spiro atoms. The predicted octanol–water partition coefficient (Wildman–Crippen LogP) is 2.49. The minimum absolute atomic E-state index is 0.0502. The normalized spacial score (nSPS) is 38.8. The van der Waals surface area contributed by atoms with E-state index in [2.05, 4.69) is 5.32 Å². The molecule has 2 aliphatic carbocycles. The molecule has 0 radical (unpaired) electrons. The summed E-state index contributed by atoms with van der Waals surface area (Å²) < 4.78 is 11.2. The second kappa shape index (κ2) is 5.10. The zero-order chi connectivity index (χ0) is 12.5. The lowest BCUT2D eigenvalue weighted by Gasteiger charge is -2.53. The topological polar surface area (TPSA) is 30.5 Å². The van der Waals surface area contributed by atoms with Crippen LogP contribution >= 0.6 is 0 Å². The van der Waals surface area contributed by atoms with Gasteiger partial charge in [-0.15, -0.1) is 0 Å². The van der Waals surface area contributed by atoms with Crippen LogP contribution in [0.15, 0.2) is 0 Å². The molecule has 3 fully saturated rings. The molecule has 1 heterocycles. The molecule has 2 saturated carbocycles. The first-order valence-corrected chi connectivity index (χ1v) is 7.65. The van der Waals surface area contributed by atoms with Crippen LogP contribution in [0.1, 0.15) is 51.4 Å². The molecule has 3 nitrogen and oxygen atoms in total. The highest BCUT2D eigenvalue weighted by molar-refractivity contribution is 5.03. The van der Waals surface area contributed by atoms with Crippen molar-refractivity contribution in [2.45, 2.75) is 63.0 Å². The monoisotopic (exact) mass is 253 g/mol. The standard InChI is InChI=1S/C15H27NO2/c1-17-15(9-10-18-12-15)11-16-13-5-8-14(13)6-3-2-4-7-14/h13,16H,2-12H2,1H3. The van der Waals surface area contributed by atoms with Crippen molar-refractivity contribution >= 4 is 0 Å². The van der Waals surface area contributed by atoms with Gasteiger partial charge in [0.1, 0.15) is 5.60 Å². The van der Waals surface area contributed by atoms with E-state index in [-0.39, 0.29) is 5.60 Å². The second-order valence-corrected chi connectivity index (χ2v) is 6.58. The van der Waals surface area contributed by atoms with Crippen LogP contribution in [-0.4, -0.2) is 38.5 Å². The van der Waals surface area contributed by atoms with Gasteiger partial charge in [0.2, 0.25) is 0 Å². The average Bonchev–Trinajstić information content (AvgIpc) is 2.88. The van der Waals surface area contributed by atoms with E-state index in [0.29, 0.717) is 5.41 Å². The fourth-order valence-electron chi connectivity index (χ4n) is 4.14. The molecule has 18 heavy (non-hydrogen) atoms. The minimum Gasteiger partial charge on any atom is -0.378 e. The molecule has 3 rings (SSSR count). The van der Waals surface area contributed by atoms with Crippen molar-refractivity contribution in [3.05, 3.63) is 0 Å². The lowest BCUT2D eigenvalue weighted by atomic mass is 9.57. The summed E-state index contributed by atoms with van der Waals surface area (Å²) >= 11 is 0. The van der Waals surface area contributed by atoms with Gasteiger partial charge < -0.3 is 14.8 Å². The van der Waals surface area contributed by atoms with E-state index in [9.17, 15) is 0 Å². The Morgan fingerprint density at radius 3 is 2.56 bits per heavy atom. The van der Waals surface area contributed by atoms with Gasteiger partial charge in [0, 0.05) is 32.7 Å². The highest BCUT2D eigenvalue weighted by Crippen LogP contribution is 2.51. The smallest absolute Gasteiger partial charge is 0.106 e. The lowest BCUT2D eigenvalue weighted by molar-refractivity contribution is -0.0365. The molecule has 1 N–H and O–H groups in total. The van der Waals surface area contributed by atoms with Gasteiger partial charge in [-0.25, -0.2) is 0 Å². The largest absolute Gasteiger partial charge is 0.378 e. The van der Waals surface area contributed by atoms with Crippen molar-refractivity contribution in [2.75, 3.05) is 26.9 Å². The van der Waals surface area contributed by atoms with Crippen molar-refractivity contribution in [3.8, 4) is 0 Å². The van der Waals surface area contributed by atoms with Gasteiger partial charge in [-0.1, -0.05) is 19.3 Å². The maximum atomic E-state index is 5.71. The molecule has 104 valence electrons. The third kappa shape index (κ3) is 2.21. The third-order valence-electron chi connectivity index (χ3n) is 5.69. The van der Waals surface area contributed by atoms with Crippen molar-refractivity contribution in [3.63, 3.8) is 0 Å². The van der Waals surface area contributed by atoms with Crippen molar-refractivity contribution < 1.29 is 9.47 Å². The zero-order valence-corrected chi connectivity index (χ0v) is 11.7. The Morgan fingerprint density at radius 2 is 2.00 bits per heavy atom. The molecule has 0 bridgehead atoms. The van der Waals surface area contributed by atoms with Gasteiger partial charge in [0.15, 0.2) is 0 Å². The van der Waals surface area contributed by atoms with Gasteiger partial charge >= 0.3 is 0 Å². The minimum atomic E-state index is -0.0502. The molecule has 0 aromatic rings. The first-order chi connectivity index (χ1) is 8.79. The van der Waals surface area contributed by atoms with Crippen LogP contribution in [-0.2, 0) is 9.47 Å². The molecule has 1 saturated heterocycles. The van der Waals surface area contributed by atoms with Crippen LogP contribution in [0.2, 0.25) is 0 Å². The van der Waals surface area contributed by atoms with Crippen LogP contribution < -0.4 is 5.32 Å². The van der Waals surface area contributed by atoms with Gasteiger partial charge in [-0.05, 0) is 31.1 Å².